The highest BCUT2D eigenvalue weighted by atomic mass is 15.2. The summed E-state index contributed by atoms with van der Waals surface area (Å²) < 4.78 is 4.23. The van der Waals surface area contributed by atoms with Crippen molar-refractivity contribution in [1.29, 1.82) is 0 Å². The van der Waals surface area contributed by atoms with Crippen molar-refractivity contribution in [2.75, 3.05) is 0 Å². The van der Waals surface area contributed by atoms with E-state index in [2.05, 4.69) is 38.3 Å². The van der Waals surface area contributed by atoms with Gasteiger partial charge in [-0.05, 0) is 18.6 Å². The number of nitrogens with zero attached hydrogens (tertiary/aromatic N) is 3. The fourth-order valence-corrected chi connectivity index (χ4v) is 1.94. The van der Waals surface area contributed by atoms with E-state index in [0.717, 1.165) is 12.2 Å². The molecule has 3 rings (SSSR count). The zero-order valence-corrected chi connectivity index (χ0v) is 8.01. The largest absolute Gasteiger partial charge is 0.313 e. The minimum atomic E-state index is 0.992. The van der Waals surface area contributed by atoms with Gasteiger partial charge in [0.15, 0.2) is 0 Å². The van der Waals surface area contributed by atoms with Crippen LogP contribution in [0.5, 0.6) is 0 Å². The number of imidazole rings is 2. The van der Waals surface area contributed by atoms with E-state index in [4.69, 9.17) is 0 Å². The molecule has 0 radical (unpaired) electrons. The Hall–Kier alpha value is -1.77. The van der Waals surface area contributed by atoms with E-state index in [0.29, 0.717) is 0 Å². The molecule has 0 bridgehead atoms. The Bertz CT molecular complexity index is 540. The van der Waals surface area contributed by atoms with Gasteiger partial charge in [0.2, 0.25) is 5.78 Å². The quantitative estimate of drug-likeness (QED) is 0.616. The van der Waals surface area contributed by atoms with Crippen molar-refractivity contribution < 1.29 is 0 Å². The van der Waals surface area contributed by atoms with Crippen molar-refractivity contribution in [2.45, 2.75) is 6.42 Å². The van der Waals surface area contributed by atoms with Crippen molar-refractivity contribution >= 4 is 17.9 Å². The third-order valence-electron chi connectivity index (χ3n) is 2.63. The number of aryl methyl sites for hydroxylation is 1. The number of hydrogen-bond acceptors (Lipinski definition) is 1. The molecular formula is C11H11N3. The molecule has 1 aliphatic carbocycles. The van der Waals surface area contributed by atoms with Crippen molar-refractivity contribution in [3.8, 4) is 0 Å². The van der Waals surface area contributed by atoms with Gasteiger partial charge in [-0.3, -0.25) is 4.40 Å². The molecule has 3 nitrogen and oxygen atoms in total. The average Bonchev–Trinajstić information content (AvgIpc) is 2.65. The lowest BCUT2D eigenvalue weighted by Crippen LogP contribution is -1.91. The van der Waals surface area contributed by atoms with Gasteiger partial charge in [0.1, 0.15) is 0 Å². The summed E-state index contributed by atoms with van der Waals surface area (Å²) in [4.78, 5) is 4.31. The first-order valence-corrected chi connectivity index (χ1v) is 4.73. The molecule has 0 unspecified atom stereocenters. The summed E-state index contributed by atoms with van der Waals surface area (Å²) >= 11 is 0. The zero-order valence-electron chi connectivity index (χ0n) is 8.01. The molecular weight excluding hydrogens is 174 g/mol. The van der Waals surface area contributed by atoms with Gasteiger partial charge in [-0.1, -0.05) is 12.2 Å². The molecule has 0 amide bonds. The predicted octanol–water partition coefficient (Wildman–Crippen LogP) is 2.10. The molecule has 0 N–H and O–H groups in total. The lowest BCUT2D eigenvalue weighted by Gasteiger charge is -1.95. The summed E-state index contributed by atoms with van der Waals surface area (Å²) in [5.41, 5.74) is 2.44. The zero-order chi connectivity index (χ0) is 9.54. The molecule has 2 heterocycles. The smallest absolute Gasteiger partial charge is 0.214 e. The third kappa shape index (κ3) is 0.839. The van der Waals surface area contributed by atoms with Crippen LogP contribution in [0.4, 0.5) is 0 Å². The number of rotatable bonds is 0. The maximum atomic E-state index is 4.31. The van der Waals surface area contributed by atoms with Crippen molar-refractivity contribution in [2.24, 2.45) is 7.05 Å². The standard InChI is InChI=1S/C11H11N3/c1-13-9-5-3-2-4-6-10(9)14-8-7-12-11(13)14/h3-8H,2H2,1H3. The van der Waals surface area contributed by atoms with Crippen LogP contribution in [0, 0.1) is 0 Å². The van der Waals surface area contributed by atoms with Crippen LogP contribution in [0.2, 0.25) is 0 Å². The summed E-state index contributed by atoms with van der Waals surface area (Å²) in [5, 5.41) is 0. The minimum Gasteiger partial charge on any atom is -0.313 e. The van der Waals surface area contributed by atoms with Gasteiger partial charge in [0.05, 0.1) is 11.4 Å². The van der Waals surface area contributed by atoms with Crippen LogP contribution in [-0.2, 0) is 7.05 Å². The first-order valence-electron chi connectivity index (χ1n) is 4.73. The van der Waals surface area contributed by atoms with Gasteiger partial charge in [-0.15, -0.1) is 0 Å². The second-order valence-electron chi connectivity index (χ2n) is 3.47. The van der Waals surface area contributed by atoms with Crippen molar-refractivity contribution in [3.63, 3.8) is 0 Å². The van der Waals surface area contributed by atoms with E-state index >= 15 is 0 Å². The number of fused-ring (bicyclic) bond motifs is 3. The van der Waals surface area contributed by atoms with E-state index in [9.17, 15) is 0 Å². The topological polar surface area (TPSA) is 22.2 Å². The van der Waals surface area contributed by atoms with Gasteiger partial charge >= 0.3 is 0 Å². The van der Waals surface area contributed by atoms with Crippen LogP contribution in [0.1, 0.15) is 17.8 Å². The molecule has 70 valence electrons. The lowest BCUT2D eigenvalue weighted by atomic mass is 10.3. The number of aromatic nitrogens is 3. The molecule has 14 heavy (non-hydrogen) atoms. The van der Waals surface area contributed by atoms with Crippen LogP contribution >= 0.6 is 0 Å². The van der Waals surface area contributed by atoms with Crippen molar-refractivity contribution in [3.05, 3.63) is 35.9 Å². The van der Waals surface area contributed by atoms with Gasteiger partial charge in [0, 0.05) is 19.4 Å². The van der Waals surface area contributed by atoms with Crippen molar-refractivity contribution in [1.82, 2.24) is 14.0 Å². The number of allylic oxidation sites excluding steroid dienone is 2. The molecule has 0 spiro atoms. The highest BCUT2D eigenvalue weighted by Crippen LogP contribution is 2.20. The van der Waals surface area contributed by atoms with Crippen LogP contribution in [0.25, 0.3) is 17.9 Å². The molecule has 0 saturated heterocycles. The highest BCUT2D eigenvalue weighted by Gasteiger charge is 2.11. The molecule has 3 heteroatoms. The summed E-state index contributed by atoms with van der Waals surface area (Å²) in [6.07, 6.45) is 13.5. The van der Waals surface area contributed by atoms with Crippen LogP contribution in [0.3, 0.4) is 0 Å². The first-order chi connectivity index (χ1) is 6.88. The average molecular weight is 185 g/mol. The maximum absolute atomic E-state index is 4.31. The first kappa shape index (κ1) is 7.62. The van der Waals surface area contributed by atoms with Gasteiger partial charge in [-0.25, -0.2) is 4.98 Å². The van der Waals surface area contributed by atoms with E-state index in [1.807, 2.05) is 19.4 Å². The molecule has 2 aromatic heterocycles. The molecule has 2 aromatic rings. The van der Waals surface area contributed by atoms with Crippen LogP contribution in [-0.4, -0.2) is 14.0 Å². The second kappa shape index (κ2) is 2.61. The Labute approximate surface area is 82.0 Å². The lowest BCUT2D eigenvalue weighted by molar-refractivity contribution is 0.926. The van der Waals surface area contributed by atoms with Crippen LogP contribution < -0.4 is 0 Å². The van der Waals surface area contributed by atoms with E-state index < -0.39 is 0 Å². The van der Waals surface area contributed by atoms with Gasteiger partial charge in [-0.2, -0.15) is 0 Å². The summed E-state index contributed by atoms with van der Waals surface area (Å²) in [6, 6.07) is 0. The van der Waals surface area contributed by atoms with Crippen LogP contribution in [0.15, 0.2) is 24.5 Å². The Morgan fingerprint density at radius 3 is 2.86 bits per heavy atom. The molecule has 0 aromatic carbocycles. The van der Waals surface area contributed by atoms with E-state index in [1.165, 1.54) is 11.4 Å². The van der Waals surface area contributed by atoms with Gasteiger partial charge in [0.25, 0.3) is 0 Å². The maximum Gasteiger partial charge on any atom is 0.214 e. The third-order valence-corrected chi connectivity index (χ3v) is 2.63. The Morgan fingerprint density at radius 1 is 1.21 bits per heavy atom. The fraction of sp³-hybridized carbons (Fsp3) is 0.182. The predicted molar refractivity (Wildman–Crippen MR) is 56.8 cm³/mol. The molecule has 0 fully saturated rings. The Morgan fingerprint density at radius 2 is 2.00 bits per heavy atom. The summed E-state index contributed by atoms with van der Waals surface area (Å²) in [5.74, 6) is 0.992. The van der Waals surface area contributed by atoms with Gasteiger partial charge < -0.3 is 4.57 Å². The van der Waals surface area contributed by atoms with E-state index in [-0.39, 0.29) is 0 Å². The Balaban J connectivity index is 2.47. The Kier molecular flexibility index (Phi) is 1.42. The molecule has 0 atom stereocenters. The minimum absolute atomic E-state index is 0.992. The summed E-state index contributed by atoms with van der Waals surface area (Å²) in [6.45, 7) is 0. The highest BCUT2D eigenvalue weighted by molar-refractivity contribution is 5.67. The SMILES string of the molecule is Cn1c2c(n3ccnc13)C=CCC=C2. The molecule has 0 saturated carbocycles. The number of hydrogen-bond donors (Lipinski definition) is 0. The normalized spacial score (nSPS) is 14.6. The van der Waals surface area contributed by atoms with E-state index in [1.54, 1.807) is 0 Å². The molecule has 1 aliphatic rings. The summed E-state index contributed by atoms with van der Waals surface area (Å²) in [7, 11) is 2.05. The monoisotopic (exact) mass is 185 g/mol. The molecule has 0 aliphatic heterocycles. The second-order valence-corrected chi connectivity index (χ2v) is 3.47. The fourth-order valence-electron chi connectivity index (χ4n) is 1.94.